The Bertz CT molecular complexity index is 935. The van der Waals surface area contributed by atoms with Crippen molar-refractivity contribution in [2.75, 3.05) is 26.3 Å². The van der Waals surface area contributed by atoms with Crippen LogP contribution in [-0.2, 0) is 19.2 Å². The van der Waals surface area contributed by atoms with Crippen molar-refractivity contribution in [3.63, 3.8) is 0 Å². The molecule has 0 aliphatic carbocycles. The average molecular weight is 629 g/mol. The van der Waals surface area contributed by atoms with Crippen molar-refractivity contribution in [3.05, 3.63) is 40.1 Å². The van der Waals surface area contributed by atoms with Gasteiger partial charge in [0.15, 0.2) is 0 Å². The normalized spacial score (nSPS) is 12.6. The van der Waals surface area contributed by atoms with Gasteiger partial charge in [0.05, 0.1) is 13.2 Å². The van der Waals surface area contributed by atoms with Crippen molar-refractivity contribution in [2.24, 2.45) is 10.8 Å². The molecule has 0 aliphatic rings. The van der Waals surface area contributed by atoms with Gasteiger partial charge < -0.3 is 50.9 Å². The number of carbonyl (C=O) groups is 4. The first-order valence-electron chi connectivity index (χ1n) is 13.6. The number of aliphatic carboxylic acids is 2. The second-order valence-corrected chi connectivity index (χ2v) is 11.3. The first-order valence-corrected chi connectivity index (χ1v) is 13.6. The van der Waals surface area contributed by atoms with Crippen LogP contribution in [0.15, 0.2) is 34.6 Å². The zero-order valence-corrected chi connectivity index (χ0v) is 28.4. The Labute approximate surface area is 293 Å². The summed E-state index contributed by atoms with van der Waals surface area (Å²) in [7, 11) is 0. The fraction of sp³-hybridized carbons (Fsp3) is 0.586. The van der Waals surface area contributed by atoms with Crippen molar-refractivity contribution in [3.8, 4) is 0 Å². The molecule has 12 nitrogen and oxygen atoms in total. The summed E-state index contributed by atoms with van der Waals surface area (Å²) < 4.78 is 1.34. The Hall–Kier alpha value is -1.46. The molecule has 0 saturated heterocycles. The van der Waals surface area contributed by atoms with E-state index in [0.717, 1.165) is 0 Å². The van der Waals surface area contributed by atoms with Crippen LogP contribution in [0.5, 0.6) is 0 Å². The van der Waals surface area contributed by atoms with Crippen LogP contribution in [0.2, 0.25) is 0 Å². The van der Waals surface area contributed by atoms with E-state index in [-0.39, 0.29) is 89.7 Å². The molecule has 0 bridgehead atoms. The third-order valence-electron chi connectivity index (χ3n) is 5.76. The third-order valence-corrected chi connectivity index (χ3v) is 5.76. The van der Waals surface area contributed by atoms with Crippen molar-refractivity contribution in [1.29, 1.82) is 0 Å². The van der Waals surface area contributed by atoms with Crippen molar-refractivity contribution < 1.29 is 49.8 Å². The molecule has 0 radical (unpaired) electrons. The number of amides is 2. The van der Waals surface area contributed by atoms with Crippen LogP contribution < -0.4 is 20.8 Å². The number of aliphatic hydroxyl groups excluding tert-OH is 4. The van der Waals surface area contributed by atoms with Gasteiger partial charge in [0, 0.05) is 35.9 Å². The first-order chi connectivity index (χ1) is 19.4. The number of carboxylic acid groups (broad SMARTS) is 2. The van der Waals surface area contributed by atoms with Gasteiger partial charge in [0.1, 0.15) is 12.2 Å². The van der Waals surface area contributed by atoms with Crippen LogP contribution >= 0.6 is 0 Å². The van der Waals surface area contributed by atoms with Crippen LogP contribution in [0.25, 0.3) is 6.08 Å². The van der Waals surface area contributed by atoms with Gasteiger partial charge >= 0.3 is 109 Å². The number of carboxylic acids is 2. The molecule has 1 aromatic carbocycles. The molecule has 6 N–H and O–H groups in total. The van der Waals surface area contributed by atoms with Crippen molar-refractivity contribution in [2.45, 2.75) is 72.5 Å². The molecule has 0 heterocycles. The summed E-state index contributed by atoms with van der Waals surface area (Å²) in [6.45, 7) is 8.00. The number of benzene rings is 1. The van der Waals surface area contributed by atoms with Crippen LogP contribution in [-0.4, -0.2) is 138 Å². The van der Waals surface area contributed by atoms with Gasteiger partial charge in [0.2, 0.25) is 11.8 Å². The topological polar surface area (TPSA) is 219 Å². The van der Waals surface area contributed by atoms with E-state index in [2.05, 4.69) is 65.6 Å². The summed E-state index contributed by atoms with van der Waals surface area (Å²) in [5.41, 5.74) is -0.556. The molecule has 0 unspecified atom stereocenters. The van der Waals surface area contributed by atoms with E-state index in [1.165, 1.54) is 9.81 Å². The summed E-state index contributed by atoms with van der Waals surface area (Å²) >= 11 is 2.10. The van der Waals surface area contributed by atoms with E-state index in [4.69, 9.17) is 10.2 Å². The summed E-state index contributed by atoms with van der Waals surface area (Å²) in [4.78, 5) is 42.9. The Kier molecular flexibility index (Phi) is 26.5. The number of nitrogens with one attached hydrogen (secondary N) is 2. The molecule has 0 saturated carbocycles. The zero-order chi connectivity index (χ0) is 32.9. The molecule has 14 heteroatoms. The molecule has 0 fully saturated rings. The summed E-state index contributed by atoms with van der Waals surface area (Å²) in [5.74, 6) is -3.58. The number of allylic oxidation sites excluding steroid dienone is 1. The SMILES string of the molecule is CC(C)(CO)[C@@H](O)C(=O)NCCCC(=O)[O-].CC(C)(CO)[C@@H](O)C(=O)NCCCC(=O)[O-].[Ca+2].[Li]/[C](C)=C/c1ccccc1. The molecule has 2 atom stereocenters. The summed E-state index contributed by atoms with van der Waals surface area (Å²) in [5, 5.41) is 61.9. The van der Waals surface area contributed by atoms with Gasteiger partial charge in [-0.25, -0.2) is 0 Å². The Morgan fingerprint density at radius 2 is 1.16 bits per heavy atom. The minimum atomic E-state index is -1.32. The molecule has 1 aromatic rings. The maximum absolute atomic E-state index is 11.4. The monoisotopic (exact) mass is 628 g/mol. The molecule has 1 rings (SSSR count). The van der Waals surface area contributed by atoms with E-state index in [0.29, 0.717) is 0 Å². The van der Waals surface area contributed by atoms with Crippen LogP contribution in [0.3, 0.4) is 0 Å². The second-order valence-electron chi connectivity index (χ2n) is 11.3. The Balaban J connectivity index is -0.000000566. The van der Waals surface area contributed by atoms with Gasteiger partial charge in [-0.05, 0) is 25.7 Å². The molecular formula is C29H45CaLiN2O10. The average Bonchev–Trinajstić information content (AvgIpc) is 2.93. The second kappa shape index (κ2) is 24.8. The van der Waals surface area contributed by atoms with E-state index >= 15 is 0 Å². The molecule has 0 aliphatic heterocycles. The predicted octanol–water partition coefficient (Wildman–Crippen LogP) is -2.14. The van der Waals surface area contributed by atoms with Crippen molar-refractivity contribution in [1.82, 2.24) is 10.6 Å². The zero-order valence-electron chi connectivity index (χ0n) is 26.2. The molecule has 43 heavy (non-hydrogen) atoms. The molecule has 2 amide bonds. The quantitative estimate of drug-likeness (QED) is 0.0914. The number of hydrogen-bond donors (Lipinski definition) is 6. The molecule has 234 valence electrons. The number of rotatable bonds is 15. The standard InChI is InChI=1S/2C10H19NO5.C9H9.Ca.Li/c2*1-10(2,6-12)8(15)9(16)11-5-3-4-7(13)14;1-2-6-9-7-4-3-5-8-9;;/h2*8,12,15H,3-6H2,1-2H3,(H,11,16)(H,13,14);3-8H,1H3;;/q;;;+2;/p-2/t2*8-;;;/m00.../s1. The summed E-state index contributed by atoms with van der Waals surface area (Å²) in [6, 6.07) is 10.3. The van der Waals surface area contributed by atoms with E-state index in [1.54, 1.807) is 27.7 Å². The van der Waals surface area contributed by atoms with Gasteiger partial charge in [-0.3, -0.25) is 9.59 Å². The van der Waals surface area contributed by atoms with Gasteiger partial charge in [-0.2, -0.15) is 0 Å². The Morgan fingerprint density at radius 3 is 1.44 bits per heavy atom. The van der Waals surface area contributed by atoms with Crippen LogP contribution in [0, 0.1) is 10.8 Å². The number of hydrogen-bond acceptors (Lipinski definition) is 10. The van der Waals surface area contributed by atoms with Gasteiger partial charge in [0.25, 0.3) is 0 Å². The third kappa shape index (κ3) is 23.6. The molecule has 0 spiro atoms. The number of carbonyl (C=O) groups excluding carboxylic acids is 4. The van der Waals surface area contributed by atoms with E-state index < -0.39 is 46.8 Å². The Morgan fingerprint density at radius 1 is 0.814 bits per heavy atom. The number of aliphatic hydroxyl groups is 4. The predicted molar refractivity (Wildman–Crippen MR) is 160 cm³/mol. The molecule has 0 aromatic heterocycles. The van der Waals surface area contributed by atoms with Crippen LogP contribution in [0.1, 0.15) is 65.9 Å². The van der Waals surface area contributed by atoms with Gasteiger partial charge in [-0.1, -0.05) is 27.7 Å². The minimum absolute atomic E-state index is 0. The molecular weight excluding hydrogens is 583 g/mol. The fourth-order valence-corrected chi connectivity index (χ4v) is 2.85. The van der Waals surface area contributed by atoms with Crippen LogP contribution in [0.4, 0.5) is 0 Å². The first kappa shape index (κ1) is 46.0. The van der Waals surface area contributed by atoms with Gasteiger partial charge in [-0.15, -0.1) is 0 Å². The maximum atomic E-state index is 11.4. The van der Waals surface area contributed by atoms with E-state index in [9.17, 15) is 39.6 Å². The van der Waals surface area contributed by atoms with E-state index in [1.807, 2.05) is 6.07 Å². The van der Waals surface area contributed by atoms with Crippen molar-refractivity contribution >= 4 is 85.3 Å². The summed E-state index contributed by atoms with van der Waals surface area (Å²) in [6.07, 6.45) is -0.249. The fourth-order valence-electron chi connectivity index (χ4n) is 2.85.